The van der Waals surface area contributed by atoms with Crippen LogP contribution >= 0.6 is 0 Å². The SMILES string of the molecule is CCCCCCCCC(CCC)[O][Sn].CCCCOC(=O)OCCCC. The van der Waals surface area contributed by atoms with Crippen molar-refractivity contribution in [3.8, 4) is 0 Å². The predicted molar refractivity (Wildman–Crippen MR) is 111 cm³/mol. The van der Waals surface area contributed by atoms with Crippen molar-refractivity contribution in [2.75, 3.05) is 13.2 Å². The molecule has 1 unspecified atom stereocenters. The molecule has 1 atom stereocenters. The van der Waals surface area contributed by atoms with E-state index in [4.69, 9.17) is 12.5 Å². The van der Waals surface area contributed by atoms with Crippen molar-refractivity contribution < 1.29 is 17.3 Å². The van der Waals surface area contributed by atoms with Crippen LogP contribution in [0.2, 0.25) is 0 Å². The van der Waals surface area contributed by atoms with Crippen LogP contribution in [0.4, 0.5) is 4.79 Å². The summed E-state index contributed by atoms with van der Waals surface area (Å²) in [7, 11) is 0. The fraction of sp³-hybridized carbons (Fsp3) is 0.952. The van der Waals surface area contributed by atoms with Gasteiger partial charge in [0.15, 0.2) is 0 Å². The Balaban J connectivity index is 0. The topological polar surface area (TPSA) is 44.8 Å². The van der Waals surface area contributed by atoms with Crippen LogP contribution < -0.4 is 0 Å². The number of ether oxygens (including phenoxy) is 2. The minimum Gasteiger partial charge on any atom is -0.434 e. The Bertz CT molecular complexity index is 263. The molecule has 0 heterocycles. The second-order valence-corrected chi connectivity index (χ2v) is 7.41. The van der Waals surface area contributed by atoms with Gasteiger partial charge in [-0.05, 0) is 12.8 Å². The van der Waals surface area contributed by atoms with E-state index < -0.39 is 6.16 Å². The van der Waals surface area contributed by atoms with Crippen LogP contribution in [0.1, 0.15) is 111 Å². The summed E-state index contributed by atoms with van der Waals surface area (Å²) in [6, 6.07) is 0. The van der Waals surface area contributed by atoms with Crippen molar-refractivity contribution in [2.24, 2.45) is 0 Å². The number of carbonyl (C=O) groups is 1. The quantitative estimate of drug-likeness (QED) is 0.140. The Morgan fingerprint density at radius 3 is 1.65 bits per heavy atom. The van der Waals surface area contributed by atoms with E-state index in [9.17, 15) is 4.79 Å². The molecule has 0 aliphatic rings. The van der Waals surface area contributed by atoms with E-state index in [1.54, 1.807) is 0 Å². The number of rotatable bonds is 16. The van der Waals surface area contributed by atoms with Crippen molar-refractivity contribution in [3.63, 3.8) is 0 Å². The van der Waals surface area contributed by atoms with Gasteiger partial charge < -0.3 is 9.47 Å². The second-order valence-electron chi connectivity index (χ2n) is 6.74. The third-order valence-corrected chi connectivity index (χ3v) is 5.04. The van der Waals surface area contributed by atoms with Gasteiger partial charge in [-0.2, -0.15) is 0 Å². The van der Waals surface area contributed by atoms with Crippen molar-refractivity contribution in [1.82, 2.24) is 0 Å². The monoisotopic (exact) mass is 479 g/mol. The molecule has 0 bridgehead atoms. The Labute approximate surface area is 176 Å². The van der Waals surface area contributed by atoms with Crippen molar-refractivity contribution in [3.05, 3.63) is 0 Å². The molecular weight excluding hydrogens is 435 g/mol. The van der Waals surface area contributed by atoms with Gasteiger partial charge in [0.1, 0.15) is 0 Å². The third kappa shape index (κ3) is 24.0. The molecule has 0 aromatic heterocycles. The van der Waals surface area contributed by atoms with Crippen LogP contribution in [0, 0.1) is 0 Å². The van der Waals surface area contributed by atoms with Crippen LogP contribution in [0.3, 0.4) is 0 Å². The van der Waals surface area contributed by atoms with Gasteiger partial charge in [0.25, 0.3) is 0 Å². The third-order valence-electron chi connectivity index (χ3n) is 4.09. The number of carbonyl (C=O) groups excluding carboxylic acids is 1. The van der Waals surface area contributed by atoms with Crippen LogP contribution in [-0.2, 0) is 12.5 Å². The minimum atomic E-state index is -0.531. The van der Waals surface area contributed by atoms with Gasteiger partial charge in [-0.15, -0.1) is 0 Å². The van der Waals surface area contributed by atoms with Gasteiger partial charge in [-0.1, -0.05) is 26.7 Å². The predicted octanol–water partition coefficient (Wildman–Crippen LogP) is 6.75. The Morgan fingerprint density at radius 2 is 1.19 bits per heavy atom. The maximum atomic E-state index is 10.7. The summed E-state index contributed by atoms with van der Waals surface area (Å²) in [5.41, 5.74) is 0. The van der Waals surface area contributed by atoms with E-state index in [2.05, 4.69) is 13.8 Å². The Morgan fingerprint density at radius 1 is 0.692 bits per heavy atom. The van der Waals surface area contributed by atoms with E-state index in [0.29, 0.717) is 19.3 Å². The molecule has 155 valence electrons. The molecule has 5 heteroatoms. The summed E-state index contributed by atoms with van der Waals surface area (Å²) in [5.74, 6) is 0. The average molecular weight is 478 g/mol. The van der Waals surface area contributed by atoms with Gasteiger partial charge >= 0.3 is 110 Å². The summed E-state index contributed by atoms with van der Waals surface area (Å²) in [5, 5.41) is 0. The molecule has 0 fully saturated rings. The fourth-order valence-corrected chi connectivity index (χ4v) is 3.05. The molecule has 0 N–H and O–H groups in total. The summed E-state index contributed by atoms with van der Waals surface area (Å²) in [6.45, 7) is 9.55. The first-order chi connectivity index (χ1) is 12.7. The summed E-state index contributed by atoms with van der Waals surface area (Å²) in [6.07, 6.45) is 16.1. The normalized spacial score (nSPS) is 11.4. The molecule has 4 nitrogen and oxygen atoms in total. The van der Waals surface area contributed by atoms with Gasteiger partial charge in [0.2, 0.25) is 0 Å². The summed E-state index contributed by atoms with van der Waals surface area (Å²) < 4.78 is 15.0. The zero-order valence-electron chi connectivity index (χ0n) is 17.8. The first kappa shape index (κ1) is 28.2. The molecule has 3 radical (unpaired) electrons. The molecule has 0 spiro atoms. The largest absolute Gasteiger partial charge is 0.508 e. The molecule has 26 heavy (non-hydrogen) atoms. The zero-order chi connectivity index (χ0) is 19.9. The van der Waals surface area contributed by atoms with Gasteiger partial charge in [0, 0.05) is 0 Å². The fourth-order valence-electron chi connectivity index (χ4n) is 2.38. The van der Waals surface area contributed by atoms with Crippen molar-refractivity contribution >= 4 is 29.1 Å². The maximum absolute atomic E-state index is 10.7. The first-order valence-electron chi connectivity index (χ1n) is 10.8. The van der Waals surface area contributed by atoms with Crippen LogP contribution in [0.15, 0.2) is 0 Å². The van der Waals surface area contributed by atoms with Gasteiger partial charge in [0.05, 0.1) is 13.2 Å². The van der Waals surface area contributed by atoms with Crippen LogP contribution in [0.5, 0.6) is 0 Å². The van der Waals surface area contributed by atoms with E-state index >= 15 is 0 Å². The molecule has 0 amide bonds. The van der Waals surface area contributed by atoms with E-state index in [1.165, 1.54) is 80.7 Å². The van der Waals surface area contributed by atoms with E-state index in [0.717, 1.165) is 25.7 Å². The maximum Gasteiger partial charge on any atom is 0.508 e. The standard InChI is InChI=1S/C12H25O.C9H18O3.Sn/c1-3-5-6-7-8-9-11-12(13)10-4-2;1-3-5-7-11-9(10)12-8-6-4-2;/h12H,3-11H2,1-2H3;3-8H2,1-2H3;/q-1;;+1. The van der Waals surface area contributed by atoms with E-state index in [1.807, 2.05) is 13.8 Å². The Kier molecular flexibility index (Phi) is 27.2. The zero-order valence-corrected chi connectivity index (χ0v) is 20.7. The van der Waals surface area contributed by atoms with Crippen LogP contribution in [0.25, 0.3) is 0 Å². The van der Waals surface area contributed by atoms with Gasteiger partial charge in [-0.3, -0.25) is 0 Å². The molecule has 0 rings (SSSR count). The first-order valence-corrected chi connectivity index (χ1v) is 11.9. The van der Waals surface area contributed by atoms with Crippen LogP contribution in [-0.4, -0.2) is 48.4 Å². The molecule has 0 aliphatic heterocycles. The Hall–Kier alpha value is 0.0287. The molecule has 0 aromatic rings. The number of hydrogen-bond acceptors (Lipinski definition) is 4. The molecule has 0 saturated carbocycles. The number of unbranched alkanes of at least 4 members (excludes halogenated alkanes) is 7. The van der Waals surface area contributed by atoms with Crippen molar-refractivity contribution in [2.45, 2.75) is 117 Å². The molecule has 0 saturated heterocycles. The molecule has 0 aromatic carbocycles. The number of hydrogen-bond donors (Lipinski definition) is 0. The van der Waals surface area contributed by atoms with E-state index in [-0.39, 0.29) is 0 Å². The summed E-state index contributed by atoms with van der Waals surface area (Å²) in [4.78, 5) is 10.7. The smallest absolute Gasteiger partial charge is 0.434 e. The minimum absolute atomic E-state index is 0.474. The van der Waals surface area contributed by atoms with Crippen molar-refractivity contribution in [1.29, 1.82) is 0 Å². The summed E-state index contributed by atoms with van der Waals surface area (Å²) >= 11 is 1.24. The molecule has 0 aliphatic carbocycles. The van der Waals surface area contributed by atoms with Gasteiger partial charge in [-0.25, -0.2) is 4.79 Å². The molecular formula is C21H43O4Sn. The second kappa shape index (κ2) is 25.0. The average Bonchev–Trinajstić information content (AvgIpc) is 2.64.